The lowest BCUT2D eigenvalue weighted by Gasteiger charge is -2.36. The van der Waals surface area contributed by atoms with Gasteiger partial charge < -0.3 is 102 Å². The average Bonchev–Trinajstić information content (AvgIpc) is 1.60. The minimum Gasteiger partial charge on any atom is -0.387 e. The molecule has 3 aromatic rings. The van der Waals surface area contributed by atoms with Crippen molar-refractivity contribution in [2.24, 2.45) is 5.92 Å². The molecule has 1 aromatic heterocycles. The molecule has 5 aliphatic rings. The maximum absolute atomic E-state index is 13.9. The van der Waals surface area contributed by atoms with Crippen molar-refractivity contribution in [3.05, 3.63) is 105 Å². The van der Waals surface area contributed by atoms with Gasteiger partial charge in [-0.2, -0.15) is 0 Å². The summed E-state index contributed by atoms with van der Waals surface area (Å²) in [5.41, 5.74) is 6.46. The number of hydrogen-bond acceptors (Lipinski definition) is 30. The fourth-order valence-corrected chi connectivity index (χ4v) is 14.9. The smallest absolute Gasteiger partial charge is 0.350 e. The van der Waals surface area contributed by atoms with Crippen molar-refractivity contribution in [2.75, 3.05) is 212 Å². The minimum absolute atomic E-state index is 0.00492. The predicted molar refractivity (Wildman–Crippen MR) is 452 cm³/mol. The molecule has 0 spiro atoms. The predicted octanol–water partition coefficient (Wildman–Crippen LogP) is 4.36. The van der Waals surface area contributed by atoms with Gasteiger partial charge in [-0.3, -0.25) is 52.8 Å². The zero-order valence-electron chi connectivity index (χ0n) is 72.9. The first-order valence-electron chi connectivity index (χ1n) is 43.6. The number of fused-ring (bicyclic) bond motifs is 4. The number of aryl methyl sites for hydroxylation is 2. The molecule has 0 bridgehead atoms. The fraction of sp³-hybridized carbons (Fsp3) is 0.633. The van der Waals surface area contributed by atoms with E-state index < -0.39 is 65.3 Å². The number of carbonyl (C=O) groups excluding carboxylic acids is 12. The second-order valence-corrected chi connectivity index (χ2v) is 30.9. The van der Waals surface area contributed by atoms with E-state index >= 15 is 0 Å². The Bertz CT molecular complexity index is 4100. The Morgan fingerprint density at radius 3 is 1.73 bits per heavy atom. The molecule has 125 heavy (non-hydrogen) atoms. The van der Waals surface area contributed by atoms with E-state index in [9.17, 15) is 62.6 Å². The maximum atomic E-state index is 13.9. The highest BCUT2D eigenvalue weighted by Crippen LogP contribution is 2.49. The number of pyridine rings is 1. The van der Waals surface area contributed by atoms with E-state index in [1.165, 1.54) is 12.2 Å². The summed E-state index contributed by atoms with van der Waals surface area (Å²) in [5, 5.41) is 23.3. The molecule has 1 aliphatic carbocycles. The van der Waals surface area contributed by atoms with E-state index in [-0.39, 0.29) is 163 Å². The molecule has 2 aromatic carbocycles. The van der Waals surface area contributed by atoms with Crippen LogP contribution in [0.5, 0.6) is 0 Å². The number of esters is 2. The highest BCUT2D eigenvalue weighted by Gasteiger charge is 2.51. The molecule has 4 atom stereocenters. The number of ketones is 4. The number of aromatic nitrogens is 1. The van der Waals surface area contributed by atoms with Crippen LogP contribution in [0, 0.1) is 19.8 Å². The summed E-state index contributed by atoms with van der Waals surface area (Å²) < 4.78 is 81.5. The quantitative estimate of drug-likeness (QED) is 0.0172. The summed E-state index contributed by atoms with van der Waals surface area (Å²) in [4.78, 5) is 166. The monoisotopic (exact) mass is 1750 g/mol. The first-order chi connectivity index (χ1) is 60.7. The van der Waals surface area contributed by atoms with Crippen LogP contribution in [-0.2, 0) is 148 Å². The number of nitrogens with one attached hydrogen (secondary N) is 4. The Labute approximate surface area is 730 Å². The van der Waals surface area contributed by atoms with Gasteiger partial charge in [-0.15, -0.1) is 0 Å². The van der Waals surface area contributed by atoms with E-state index in [0.29, 0.717) is 208 Å². The lowest BCUT2D eigenvalue weighted by Crippen LogP contribution is -2.49. The average molecular weight is 1760 g/mol. The van der Waals surface area contributed by atoms with Crippen molar-refractivity contribution in [3.63, 3.8) is 0 Å². The third-order valence-electron chi connectivity index (χ3n) is 21.8. The van der Waals surface area contributed by atoms with Crippen molar-refractivity contribution in [3.8, 4) is 0 Å². The zero-order chi connectivity index (χ0) is 89.4. The van der Waals surface area contributed by atoms with Crippen LogP contribution in [0.2, 0.25) is 0 Å². The third-order valence-corrected chi connectivity index (χ3v) is 21.8. The highest BCUT2D eigenvalue weighted by molar-refractivity contribution is 6.13. The summed E-state index contributed by atoms with van der Waals surface area (Å²) in [6.07, 6.45) is 7.17. The molecule has 5 heterocycles. The minimum atomic E-state index is -2.00. The number of imide groups is 1. The zero-order valence-corrected chi connectivity index (χ0v) is 72.9. The number of nitrogens with zero attached hydrogens (tertiary/aromatic N) is 3. The van der Waals surface area contributed by atoms with Gasteiger partial charge in [-0.1, -0.05) is 50.1 Å². The topological polar surface area (TPSA) is 431 Å². The normalized spacial score (nSPS) is 16.3. The summed E-state index contributed by atoms with van der Waals surface area (Å²) in [7, 11) is 1.63. The molecule has 0 saturated carbocycles. The Morgan fingerprint density at radius 1 is 0.584 bits per heavy atom. The summed E-state index contributed by atoms with van der Waals surface area (Å²) in [6, 6.07) is 9.89. The second kappa shape index (κ2) is 57.0. The molecular weight excluding hydrogens is 1630 g/mol. The van der Waals surface area contributed by atoms with E-state index in [4.69, 9.17) is 76.0 Å². The van der Waals surface area contributed by atoms with Crippen molar-refractivity contribution in [1.29, 1.82) is 0 Å². The van der Waals surface area contributed by atoms with Crippen LogP contribution in [0.15, 0.2) is 65.8 Å². The van der Waals surface area contributed by atoms with Gasteiger partial charge in [-0.05, 0) is 111 Å². The molecule has 6 amide bonds. The second-order valence-electron chi connectivity index (χ2n) is 30.9. The van der Waals surface area contributed by atoms with Gasteiger partial charge >= 0.3 is 11.9 Å². The molecule has 0 radical (unpaired) electrons. The van der Waals surface area contributed by atoms with Gasteiger partial charge in [0.25, 0.3) is 11.8 Å². The number of amides is 6. The molecule has 0 saturated heterocycles. The fourth-order valence-electron chi connectivity index (χ4n) is 14.9. The van der Waals surface area contributed by atoms with Crippen molar-refractivity contribution < 1.29 is 134 Å². The molecule has 5 N–H and O–H groups in total. The Morgan fingerprint density at radius 2 is 1.15 bits per heavy atom. The van der Waals surface area contributed by atoms with Crippen LogP contribution < -0.4 is 21.3 Å². The van der Waals surface area contributed by atoms with Gasteiger partial charge in [0.1, 0.15) is 25.7 Å². The van der Waals surface area contributed by atoms with E-state index in [0.717, 1.165) is 49.2 Å². The summed E-state index contributed by atoms with van der Waals surface area (Å²) in [6.45, 7) is 15.7. The largest absolute Gasteiger partial charge is 0.387 e. The van der Waals surface area contributed by atoms with Crippen molar-refractivity contribution >= 4 is 87.1 Å². The first kappa shape index (κ1) is 102. The number of hydrogen-bond donors (Lipinski definition) is 5. The molecule has 690 valence electrons. The molecule has 35 heteroatoms. The van der Waals surface area contributed by atoms with Gasteiger partial charge in [-0.25, -0.2) is 14.6 Å². The number of benzene rings is 2. The summed E-state index contributed by atoms with van der Waals surface area (Å²) >= 11 is 0. The van der Waals surface area contributed by atoms with Gasteiger partial charge in [0.05, 0.1) is 200 Å². The number of Topliss-reactive ketones (excluding diaryl/α,β-unsaturated/α-hetero) is 4. The van der Waals surface area contributed by atoms with Crippen LogP contribution in [0.4, 0.5) is 0 Å². The number of ether oxygens (including phenoxy) is 15. The van der Waals surface area contributed by atoms with Crippen LogP contribution in [0.3, 0.4) is 0 Å². The maximum Gasteiger partial charge on any atom is 0.350 e. The molecule has 0 fully saturated rings. The number of rotatable bonds is 71. The number of carbonyl (C=O) groups is 12. The molecular formula is C90H127N7O28. The standard InChI is InChI=1S/C90H127N7O28/c1-5-90(110)74-56-77-86-73(59-96(77)58-72(74)88(108)125-89(90)109)84-66(18-20-71-64(3)63(2)52-76(95-86)85(71)84)54-70(100)60-124-62-93-79(102)23-21-78(101)75(53-65-14-8-6-9-15-65)94-80(103)22-19-69(99)57-92-87(107)67(55-68(98)17-10-7-13-27-97-82(105)24-25-83(97)106)16-11-12-26-91-81(104)61-123-51-50-122-49-48-121-47-46-120-45-44-119-43-42-118-41-40-117-39-38-116-37-36-115-35-34-114-33-32-113-31-30-112-29-28-111-4/h6,8-9,14-15,24-25,52,56,66-67,75,110H,5,7,10-13,16-23,26-51,53-55,57-62H2,1-4H3,(H,91,104)(H,92,107)(H,93,102)(H,94,103)/t66-,67-,75+,90+/m1/s1. The SMILES string of the molecule is CC[C@@]1(O)C(=O)OC(=O)C2=C1C=C1c3nc4cc(C)c(C)c5c4c(c3CN1C2)[C@@H](CC(=O)COCNC(=O)CCC(=O)[C@H](Cc1ccccc1)NC(=O)CCC(=O)CNC(=O)[C@H](CCCCNC(=O)COCCOCCOCCOCCOCCOCCOCCOCCOCCOCCOCCOCCOC)CC(=O)CCCCCN1C(=O)C=CC1=O)CC5. The number of methoxy groups -OCH3 is 1. The Hall–Kier alpha value is -8.89. The Balaban J connectivity index is 0.656. The highest BCUT2D eigenvalue weighted by atomic mass is 16.6. The van der Waals surface area contributed by atoms with Crippen LogP contribution in [0.25, 0.3) is 16.6 Å². The van der Waals surface area contributed by atoms with Crippen molar-refractivity contribution in [2.45, 2.75) is 154 Å². The van der Waals surface area contributed by atoms with Crippen LogP contribution in [-0.4, -0.2) is 314 Å². The number of unbranched alkanes of at least 4 members (excludes halogenated alkanes) is 3. The number of cyclic esters (lactones) is 2. The third kappa shape index (κ3) is 35.0. The Kier molecular flexibility index (Phi) is 46.3. The molecule has 35 nitrogen and oxygen atoms in total. The van der Waals surface area contributed by atoms with E-state index in [1.807, 2.05) is 17.9 Å². The van der Waals surface area contributed by atoms with Gasteiger partial charge in [0.2, 0.25) is 23.6 Å². The van der Waals surface area contributed by atoms with Gasteiger partial charge in [0.15, 0.2) is 23.0 Å². The van der Waals surface area contributed by atoms with Gasteiger partial charge in [0, 0.05) is 106 Å². The van der Waals surface area contributed by atoms with Crippen LogP contribution in [0.1, 0.15) is 148 Å². The van der Waals surface area contributed by atoms with Crippen molar-refractivity contribution in [1.82, 2.24) is 36.1 Å². The lowest BCUT2D eigenvalue weighted by atomic mass is 9.76. The number of aliphatic hydroxyl groups is 1. The first-order valence-corrected chi connectivity index (χ1v) is 43.6. The summed E-state index contributed by atoms with van der Waals surface area (Å²) in [5.74, 6) is -7.03. The molecule has 4 aliphatic heterocycles. The van der Waals surface area contributed by atoms with E-state index in [1.54, 1.807) is 50.4 Å². The molecule has 0 unspecified atom stereocenters. The van der Waals surface area contributed by atoms with E-state index in [2.05, 4.69) is 28.2 Å². The molecule has 8 rings (SSSR count). The lowest BCUT2D eigenvalue weighted by molar-refractivity contribution is -0.172. The van der Waals surface area contributed by atoms with Crippen LogP contribution >= 0.6 is 0 Å².